The average molecular weight is 269 g/mol. The molecule has 1 amide bonds. The molecule has 0 aliphatic heterocycles. The second-order valence-electron chi connectivity index (χ2n) is 3.14. The lowest BCUT2D eigenvalue weighted by atomic mass is 10.4. The number of aryl methyl sites for hydroxylation is 1. The van der Waals surface area contributed by atoms with E-state index in [4.69, 9.17) is 5.73 Å². The first-order valence-corrected chi connectivity index (χ1v) is 6.70. The van der Waals surface area contributed by atoms with Gasteiger partial charge in [-0.25, -0.2) is 4.98 Å². The lowest BCUT2D eigenvalue weighted by Gasteiger charge is -1.95. The molecule has 0 atom stereocenters. The fourth-order valence-corrected chi connectivity index (χ4v) is 2.45. The summed E-state index contributed by atoms with van der Waals surface area (Å²) in [6, 6.07) is 0. The molecule has 0 aliphatic carbocycles. The molecule has 2 aromatic rings. The van der Waals surface area contributed by atoms with Crippen LogP contribution in [0, 0.1) is 0 Å². The molecule has 6 nitrogen and oxygen atoms in total. The van der Waals surface area contributed by atoms with Crippen molar-refractivity contribution in [3.8, 4) is 0 Å². The summed E-state index contributed by atoms with van der Waals surface area (Å²) >= 11 is 2.73. The summed E-state index contributed by atoms with van der Waals surface area (Å²) < 4.78 is 0. The smallest absolute Gasteiger partial charge is 0.276 e. The zero-order valence-corrected chi connectivity index (χ0v) is 10.8. The van der Waals surface area contributed by atoms with E-state index in [9.17, 15) is 4.79 Å². The minimum absolute atomic E-state index is 0.278. The third-order valence-corrected chi connectivity index (χ3v) is 3.80. The third kappa shape index (κ3) is 2.84. The van der Waals surface area contributed by atoms with E-state index in [1.165, 1.54) is 22.7 Å². The molecular formula is C9H11N5OS2. The first kappa shape index (κ1) is 12.1. The molecule has 17 heavy (non-hydrogen) atoms. The topological polar surface area (TPSA) is 93.8 Å². The van der Waals surface area contributed by atoms with Crippen molar-refractivity contribution < 1.29 is 4.79 Å². The maximum atomic E-state index is 11.8. The summed E-state index contributed by atoms with van der Waals surface area (Å²) in [5.74, 6) is -0.278. The van der Waals surface area contributed by atoms with Gasteiger partial charge in [-0.1, -0.05) is 18.3 Å². The van der Waals surface area contributed by atoms with Crippen molar-refractivity contribution in [1.29, 1.82) is 0 Å². The Hall–Kier alpha value is -1.38. The number of nitrogens with one attached hydrogen (secondary N) is 1. The van der Waals surface area contributed by atoms with Gasteiger partial charge in [-0.2, -0.15) is 0 Å². The minimum atomic E-state index is -0.278. The van der Waals surface area contributed by atoms with E-state index in [2.05, 4.69) is 20.5 Å². The number of carbonyl (C=O) groups is 1. The summed E-state index contributed by atoms with van der Waals surface area (Å²) in [5, 5.41) is 14.2. The largest absolute Gasteiger partial charge is 0.325 e. The normalized spacial score (nSPS) is 10.5. The number of nitrogens with zero attached hydrogens (tertiary/aromatic N) is 3. The Morgan fingerprint density at radius 1 is 1.47 bits per heavy atom. The fraction of sp³-hybridized carbons (Fsp3) is 0.333. The van der Waals surface area contributed by atoms with Crippen LogP contribution in [0.25, 0.3) is 0 Å². The van der Waals surface area contributed by atoms with Crippen LogP contribution in [0.2, 0.25) is 0 Å². The number of amides is 1. The lowest BCUT2D eigenvalue weighted by Crippen LogP contribution is -2.12. The maximum Gasteiger partial charge on any atom is 0.276 e. The molecule has 0 radical (unpaired) electrons. The van der Waals surface area contributed by atoms with Crippen LogP contribution >= 0.6 is 22.7 Å². The molecular weight excluding hydrogens is 258 g/mol. The van der Waals surface area contributed by atoms with Crippen molar-refractivity contribution in [1.82, 2.24) is 15.2 Å². The number of thiazole rings is 1. The molecule has 0 aromatic carbocycles. The number of nitrogens with two attached hydrogens (primary N) is 1. The van der Waals surface area contributed by atoms with Crippen molar-refractivity contribution in [3.63, 3.8) is 0 Å². The molecule has 0 saturated carbocycles. The average Bonchev–Trinajstić information content (AvgIpc) is 2.96. The van der Waals surface area contributed by atoms with Crippen LogP contribution in [-0.4, -0.2) is 21.1 Å². The minimum Gasteiger partial charge on any atom is -0.325 e. The highest BCUT2D eigenvalue weighted by Gasteiger charge is 2.12. The number of anilines is 1. The van der Waals surface area contributed by atoms with Crippen LogP contribution in [0.15, 0.2) is 5.38 Å². The van der Waals surface area contributed by atoms with Crippen molar-refractivity contribution >= 4 is 33.7 Å². The van der Waals surface area contributed by atoms with Gasteiger partial charge in [-0.3, -0.25) is 10.1 Å². The second-order valence-corrected chi connectivity index (χ2v) is 5.14. The van der Waals surface area contributed by atoms with Crippen LogP contribution < -0.4 is 11.1 Å². The molecule has 90 valence electrons. The predicted octanol–water partition coefficient (Wildman–Crippen LogP) is 1.27. The Kier molecular flexibility index (Phi) is 3.77. The molecule has 2 aromatic heterocycles. The van der Waals surface area contributed by atoms with E-state index in [1.807, 2.05) is 6.92 Å². The zero-order chi connectivity index (χ0) is 12.3. The molecule has 0 unspecified atom stereocenters. The van der Waals surface area contributed by atoms with Gasteiger partial charge in [0.25, 0.3) is 5.91 Å². The fourth-order valence-electron chi connectivity index (χ4n) is 1.12. The Balaban J connectivity index is 2.05. The Labute approximate surface area is 106 Å². The summed E-state index contributed by atoms with van der Waals surface area (Å²) in [6.45, 7) is 2.33. The Bertz CT molecular complexity index is 521. The van der Waals surface area contributed by atoms with Crippen LogP contribution in [0.1, 0.15) is 27.4 Å². The highest BCUT2D eigenvalue weighted by molar-refractivity contribution is 7.15. The van der Waals surface area contributed by atoms with Crippen LogP contribution in [-0.2, 0) is 13.0 Å². The maximum absolute atomic E-state index is 11.8. The van der Waals surface area contributed by atoms with Crippen LogP contribution in [0.5, 0.6) is 0 Å². The first-order valence-electron chi connectivity index (χ1n) is 5.01. The van der Waals surface area contributed by atoms with Gasteiger partial charge in [-0.15, -0.1) is 21.5 Å². The third-order valence-electron chi connectivity index (χ3n) is 1.95. The summed E-state index contributed by atoms with van der Waals surface area (Å²) in [7, 11) is 0. The molecule has 0 bridgehead atoms. The molecule has 0 fully saturated rings. The summed E-state index contributed by atoms with van der Waals surface area (Å²) in [5.41, 5.74) is 5.80. The first-order chi connectivity index (χ1) is 8.22. The molecule has 3 N–H and O–H groups in total. The van der Waals surface area contributed by atoms with Gasteiger partial charge in [-0.05, 0) is 6.42 Å². The highest BCUT2D eigenvalue weighted by atomic mass is 32.1. The van der Waals surface area contributed by atoms with E-state index in [0.717, 1.165) is 16.4 Å². The van der Waals surface area contributed by atoms with Gasteiger partial charge < -0.3 is 5.73 Å². The number of aromatic nitrogens is 3. The standard InChI is InChI=1S/C9H11N5OS2/c1-2-6-13-14-9(17-6)12-8(15)5-4-16-7(3-10)11-5/h4H,2-3,10H2,1H3,(H,12,14,15). The van der Waals surface area contributed by atoms with Gasteiger partial charge in [0.15, 0.2) is 0 Å². The number of hydrogen-bond donors (Lipinski definition) is 2. The number of hydrogen-bond acceptors (Lipinski definition) is 7. The van der Waals surface area contributed by atoms with E-state index in [-0.39, 0.29) is 5.91 Å². The molecule has 0 saturated heterocycles. The Morgan fingerprint density at radius 3 is 2.88 bits per heavy atom. The van der Waals surface area contributed by atoms with Crippen molar-refractivity contribution in [3.05, 3.63) is 21.1 Å². The lowest BCUT2D eigenvalue weighted by molar-refractivity contribution is 0.102. The SMILES string of the molecule is CCc1nnc(NC(=O)c2csc(CN)n2)s1. The molecule has 2 rings (SSSR count). The monoisotopic (exact) mass is 269 g/mol. The van der Waals surface area contributed by atoms with E-state index in [0.29, 0.717) is 17.4 Å². The van der Waals surface area contributed by atoms with Crippen molar-refractivity contribution in [2.75, 3.05) is 5.32 Å². The molecule has 2 heterocycles. The van der Waals surface area contributed by atoms with Gasteiger partial charge >= 0.3 is 0 Å². The zero-order valence-electron chi connectivity index (χ0n) is 9.14. The van der Waals surface area contributed by atoms with Crippen molar-refractivity contribution in [2.45, 2.75) is 19.9 Å². The van der Waals surface area contributed by atoms with E-state index >= 15 is 0 Å². The highest BCUT2D eigenvalue weighted by Crippen LogP contribution is 2.17. The van der Waals surface area contributed by atoms with Crippen LogP contribution in [0.4, 0.5) is 5.13 Å². The second kappa shape index (κ2) is 5.30. The molecule has 0 spiro atoms. The summed E-state index contributed by atoms with van der Waals surface area (Å²) in [6.07, 6.45) is 0.807. The van der Waals surface area contributed by atoms with E-state index < -0.39 is 0 Å². The van der Waals surface area contributed by atoms with Gasteiger partial charge in [0.1, 0.15) is 15.7 Å². The molecule has 0 aliphatic rings. The quantitative estimate of drug-likeness (QED) is 0.871. The van der Waals surface area contributed by atoms with Crippen molar-refractivity contribution in [2.24, 2.45) is 5.73 Å². The number of rotatable bonds is 4. The molecule has 8 heteroatoms. The van der Waals surface area contributed by atoms with E-state index in [1.54, 1.807) is 5.38 Å². The summed E-state index contributed by atoms with van der Waals surface area (Å²) in [4.78, 5) is 15.9. The number of carbonyl (C=O) groups excluding carboxylic acids is 1. The Morgan fingerprint density at radius 2 is 2.29 bits per heavy atom. The van der Waals surface area contributed by atoms with Crippen LogP contribution in [0.3, 0.4) is 0 Å². The van der Waals surface area contributed by atoms with Gasteiger partial charge in [0.2, 0.25) is 5.13 Å². The van der Waals surface area contributed by atoms with Gasteiger partial charge in [0.05, 0.1) is 0 Å². The predicted molar refractivity (Wildman–Crippen MR) is 67.2 cm³/mol. The van der Waals surface area contributed by atoms with Gasteiger partial charge in [0, 0.05) is 11.9 Å².